The number of ether oxygens (including phenoxy) is 2. The molecular formula is C28H30FN3O5S. The number of carbonyl (C=O) groups is 1. The van der Waals surface area contributed by atoms with E-state index in [-0.39, 0.29) is 30.7 Å². The molecule has 0 N–H and O–H groups in total. The molecule has 0 spiro atoms. The van der Waals surface area contributed by atoms with Gasteiger partial charge in [-0.05, 0) is 54.4 Å². The molecule has 2 heterocycles. The SMILES string of the molecule is Cc1ccc(S(=O)(=O)N(CC(=O)N2CCN(Cc3ccc4c(c3)OCO4)CC2)Cc2ccc(F)cc2)cc1. The third-order valence-corrected chi connectivity index (χ3v) is 8.62. The van der Waals surface area contributed by atoms with Crippen molar-refractivity contribution in [2.24, 2.45) is 0 Å². The topological polar surface area (TPSA) is 79.4 Å². The molecule has 2 aliphatic rings. The highest BCUT2D eigenvalue weighted by Crippen LogP contribution is 2.33. The van der Waals surface area contributed by atoms with Gasteiger partial charge in [0.25, 0.3) is 0 Å². The van der Waals surface area contributed by atoms with Gasteiger partial charge in [-0.25, -0.2) is 12.8 Å². The summed E-state index contributed by atoms with van der Waals surface area (Å²) < 4.78 is 52.5. The largest absolute Gasteiger partial charge is 0.454 e. The summed E-state index contributed by atoms with van der Waals surface area (Å²) in [7, 11) is -3.96. The van der Waals surface area contributed by atoms with Crippen molar-refractivity contribution in [1.82, 2.24) is 14.1 Å². The lowest BCUT2D eigenvalue weighted by molar-refractivity contribution is -0.133. The molecule has 0 aliphatic carbocycles. The number of piperazine rings is 1. The fourth-order valence-corrected chi connectivity index (χ4v) is 5.96. The Hall–Kier alpha value is -3.47. The number of hydrogen-bond acceptors (Lipinski definition) is 6. The van der Waals surface area contributed by atoms with Crippen molar-refractivity contribution in [3.8, 4) is 11.5 Å². The monoisotopic (exact) mass is 539 g/mol. The van der Waals surface area contributed by atoms with Gasteiger partial charge in [0.2, 0.25) is 22.7 Å². The summed E-state index contributed by atoms with van der Waals surface area (Å²) in [6.45, 7) is 4.83. The lowest BCUT2D eigenvalue weighted by Crippen LogP contribution is -2.51. The van der Waals surface area contributed by atoms with Crippen LogP contribution in [0, 0.1) is 12.7 Å². The van der Waals surface area contributed by atoms with Gasteiger partial charge in [-0.15, -0.1) is 0 Å². The van der Waals surface area contributed by atoms with Crippen molar-refractivity contribution in [2.75, 3.05) is 39.5 Å². The lowest BCUT2D eigenvalue weighted by Gasteiger charge is -2.35. The summed E-state index contributed by atoms with van der Waals surface area (Å²) in [5.41, 5.74) is 2.64. The summed E-state index contributed by atoms with van der Waals surface area (Å²) in [5, 5.41) is 0. The van der Waals surface area contributed by atoms with Crippen molar-refractivity contribution in [1.29, 1.82) is 0 Å². The van der Waals surface area contributed by atoms with Gasteiger partial charge in [-0.3, -0.25) is 9.69 Å². The van der Waals surface area contributed by atoms with Crippen LogP contribution in [0.15, 0.2) is 71.6 Å². The zero-order chi connectivity index (χ0) is 26.7. The Kier molecular flexibility index (Phi) is 7.64. The van der Waals surface area contributed by atoms with E-state index in [9.17, 15) is 17.6 Å². The molecule has 3 aromatic carbocycles. The number of halogens is 1. The van der Waals surface area contributed by atoms with Crippen LogP contribution in [-0.2, 0) is 27.9 Å². The van der Waals surface area contributed by atoms with E-state index in [4.69, 9.17) is 9.47 Å². The van der Waals surface area contributed by atoms with E-state index in [2.05, 4.69) is 4.90 Å². The minimum absolute atomic E-state index is 0.0354. The van der Waals surface area contributed by atoms with Gasteiger partial charge in [-0.1, -0.05) is 35.9 Å². The summed E-state index contributed by atoms with van der Waals surface area (Å²) >= 11 is 0. The van der Waals surface area contributed by atoms with Gasteiger partial charge < -0.3 is 14.4 Å². The van der Waals surface area contributed by atoms with Crippen LogP contribution in [0.2, 0.25) is 0 Å². The van der Waals surface area contributed by atoms with Gasteiger partial charge in [0, 0.05) is 39.3 Å². The van der Waals surface area contributed by atoms with Crippen molar-refractivity contribution in [3.63, 3.8) is 0 Å². The molecule has 0 bridgehead atoms. The molecule has 200 valence electrons. The maximum Gasteiger partial charge on any atom is 0.243 e. The predicted octanol–water partition coefficient (Wildman–Crippen LogP) is 3.40. The van der Waals surface area contributed by atoms with E-state index in [0.29, 0.717) is 31.7 Å². The Morgan fingerprint density at radius 1 is 0.895 bits per heavy atom. The number of carbonyl (C=O) groups excluding carboxylic acids is 1. The van der Waals surface area contributed by atoms with Crippen molar-refractivity contribution >= 4 is 15.9 Å². The summed E-state index contributed by atoms with van der Waals surface area (Å²) in [6.07, 6.45) is 0. The zero-order valence-corrected chi connectivity index (χ0v) is 22.0. The number of rotatable bonds is 8. The van der Waals surface area contributed by atoms with Crippen LogP contribution in [0.3, 0.4) is 0 Å². The van der Waals surface area contributed by atoms with Gasteiger partial charge in [0.05, 0.1) is 11.4 Å². The Morgan fingerprint density at radius 2 is 1.55 bits per heavy atom. The fourth-order valence-electron chi connectivity index (χ4n) is 4.58. The number of hydrogen-bond donors (Lipinski definition) is 0. The number of nitrogens with zero attached hydrogens (tertiary/aromatic N) is 3. The van der Waals surface area contributed by atoms with E-state index < -0.39 is 15.8 Å². The fraction of sp³-hybridized carbons (Fsp3) is 0.321. The summed E-state index contributed by atoms with van der Waals surface area (Å²) in [4.78, 5) is 17.4. The van der Waals surface area contributed by atoms with Gasteiger partial charge in [0.1, 0.15) is 5.82 Å². The first-order valence-electron chi connectivity index (χ1n) is 12.5. The van der Waals surface area contributed by atoms with E-state index in [1.807, 2.05) is 25.1 Å². The molecule has 38 heavy (non-hydrogen) atoms. The first kappa shape index (κ1) is 26.1. The lowest BCUT2D eigenvalue weighted by atomic mass is 10.1. The molecule has 1 amide bonds. The molecule has 0 aromatic heterocycles. The van der Waals surface area contributed by atoms with E-state index in [0.717, 1.165) is 29.2 Å². The Labute approximate surface area is 222 Å². The zero-order valence-electron chi connectivity index (χ0n) is 21.2. The van der Waals surface area contributed by atoms with Gasteiger partial charge >= 0.3 is 0 Å². The number of benzene rings is 3. The van der Waals surface area contributed by atoms with Crippen LogP contribution in [-0.4, -0.2) is 67.9 Å². The second-order valence-corrected chi connectivity index (χ2v) is 11.5. The van der Waals surface area contributed by atoms with Crippen LogP contribution in [0.5, 0.6) is 11.5 Å². The average Bonchev–Trinajstić information content (AvgIpc) is 3.38. The predicted molar refractivity (Wildman–Crippen MR) is 140 cm³/mol. The van der Waals surface area contributed by atoms with E-state index >= 15 is 0 Å². The molecule has 3 aromatic rings. The van der Waals surface area contributed by atoms with Crippen LogP contribution in [0.25, 0.3) is 0 Å². The molecule has 1 saturated heterocycles. The molecule has 10 heteroatoms. The van der Waals surface area contributed by atoms with Crippen LogP contribution in [0.1, 0.15) is 16.7 Å². The highest BCUT2D eigenvalue weighted by atomic mass is 32.2. The number of sulfonamides is 1. The molecular weight excluding hydrogens is 509 g/mol. The van der Waals surface area contributed by atoms with Crippen molar-refractivity contribution < 1.29 is 27.1 Å². The Balaban J connectivity index is 1.25. The van der Waals surface area contributed by atoms with Crippen LogP contribution in [0.4, 0.5) is 4.39 Å². The Bertz CT molecular complexity index is 1390. The number of amides is 1. The van der Waals surface area contributed by atoms with Crippen LogP contribution >= 0.6 is 0 Å². The van der Waals surface area contributed by atoms with E-state index in [1.54, 1.807) is 29.2 Å². The minimum Gasteiger partial charge on any atom is -0.454 e. The number of fused-ring (bicyclic) bond motifs is 1. The Morgan fingerprint density at radius 3 is 2.26 bits per heavy atom. The standard InChI is InChI=1S/C28H30FN3O5S/c1-21-2-9-25(10-3-21)38(34,35)32(18-22-4-7-24(29)8-5-22)19-28(33)31-14-12-30(13-15-31)17-23-6-11-26-27(16-23)37-20-36-26/h2-11,16H,12-15,17-20H2,1H3. The first-order valence-corrected chi connectivity index (χ1v) is 13.9. The smallest absolute Gasteiger partial charge is 0.243 e. The van der Waals surface area contributed by atoms with E-state index in [1.165, 1.54) is 28.6 Å². The highest BCUT2D eigenvalue weighted by Gasteiger charge is 2.30. The van der Waals surface area contributed by atoms with Gasteiger partial charge in [-0.2, -0.15) is 4.31 Å². The third-order valence-electron chi connectivity index (χ3n) is 6.81. The summed E-state index contributed by atoms with van der Waals surface area (Å²) in [6, 6.07) is 18.1. The second kappa shape index (κ2) is 11.1. The molecule has 0 radical (unpaired) electrons. The molecule has 5 rings (SSSR count). The third kappa shape index (κ3) is 5.98. The quantitative estimate of drug-likeness (QED) is 0.437. The molecule has 1 fully saturated rings. The van der Waals surface area contributed by atoms with Crippen molar-refractivity contribution in [3.05, 3.63) is 89.2 Å². The normalized spacial score (nSPS) is 15.7. The second-order valence-electron chi connectivity index (χ2n) is 9.56. The highest BCUT2D eigenvalue weighted by molar-refractivity contribution is 7.89. The molecule has 0 unspecified atom stereocenters. The van der Waals surface area contributed by atoms with Gasteiger partial charge in [0.15, 0.2) is 11.5 Å². The maximum absolute atomic E-state index is 13.5. The van der Waals surface area contributed by atoms with Crippen molar-refractivity contribution in [2.45, 2.75) is 24.9 Å². The molecule has 8 nitrogen and oxygen atoms in total. The molecule has 0 atom stereocenters. The number of aryl methyl sites for hydroxylation is 1. The molecule has 2 aliphatic heterocycles. The van der Waals surface area contributed by atoms with Crippen LogP contribution < -0.4 is 9.47 Å². The summed E-state index contributed by atoms with van der Waals surface area (Å²) in [5.74, 6) is 0.823. The first-order chi connectivity index (χ1) is 18.3. The molecule has 0 saturated carbocycles. The minimum atomic E-state index is -3.96. The maximum atomic E-state index is 13.5. The average molecular weight is 540 g/mol.